The molecule has 0 spiro atoms. The smallest absolute Gasteiger partial charge is 0.191 e. The van der Waals surface area contributed by atoms with Crippen LogP contribution in [0.15, 0.2) is 29.7 Å². The second-order valence-corrected chi connectivity index (χ2v) is 3.90. The van der Waals surface area contributed by atoms with Crippen molar-refractivity contribution in [2.45, 2.75) is 10.9 Å². The number of anilines is 2. The normalized spacial score (nSPS) is 10.2. The van der Waals surface area contributed by atoms with Gasteiger partial charge in [-0.1, -0.05) is 11.8 Å². The molecule has 0 amide bonds. The summed E-state index contributed by atoms with van der Waals surface area (Å²) >= 11 is 1.39. The lowest BCUT2D eigenvalue weighted by Crippen LogP contribution is -1.99. The largest absolute Gasteiger partial charge is 0.383 e. The molecule has 0 bridgehead atoms. The maximum Gasteiger partial charge on any atom is 0.191 e. The zero-order valence-electron chi connectivity index (χ0n) is 8.37. The summed E-state index contributed by atoms with van der Waals surface area (Å²) in [7, 11) is 0. The number of hydrogen-bond acceptors (Lipinski definition) is 7. The highest BCUT2D eigenvalue weighted by atomic mass is 32.2. The molecule has 16 heavy (non-hydrogen) atoms. The fourth-order valence-electron chi connectivity index (χ4n) is 1.06. The van der Waals surface area contributed by atoms with E-state index in [0.29, 0.717) is 22.5 Å². The van der Waals surface area contributed by atoms with Crippen molar-refractivity contribution in [3.63, 3.8) is 0 Å². The van der Waals surface area contributed by atoms with Crippen molar-refractivity contribution in [2.24, 2.45) is 0 Å². The van der Waals surface area contributed by atoms with E-state index in [2.05, 4.69) is 19.9 Å². The lowest BCUT2D eigenvalue weighted by molar-refractivity contribution is 0.972. The average Bonchev–Trinajstić information content (AvgIpc) is 2.27. The zero-order chi connectivity index (χ0) is 11.4. The molecule has 2 aromatic rings. The van der Waals surface area contributed by atoms with Gasteiger partial charge in [-0.15, -0.1) is 0 Å². The van der Waals surface area contributed by atoms with Gasteiger partial charge in [0.05, 0.1) is 5.75 Å². The standard InChI is InChI=1S/C9H10N6S/c10-6-4-7(11)15-9(14-6)16-5-8-12-2-1-3-13-8/h1-4H,5H2,(H4,10,11,14,15). The Kier molecular flexibility index (Phi) is 3.16. The van der Waals surface area contributed by atoms with Gasteiger partial charge in [0.2, 0.25) is 0 Å². The minimum absolute atomic E-state index is 0.365. The molecule has 0 unspecified atom stereocenters. The van der Waals surface area contributed by atoms with Crippen molar-refractivity contribution in [1.29, 1.82) is 0 Å². The first-order chi connectivity index (χ1) is 7.74. The molecule has 6 nitrogen and oxygen atoms in total. The number of hydrogen-bond donors (Lipinski definition) is 2. The lowest BCUT2D eigenvalue weighted by Gasteiger charge is -2.01. The van der Waals surface area contributed by atoms with Crippen molar-refractivity contribution >= 4 is 23.4 Å². The molecule has 0 saturated heterocycles. The average molecular weight is 234 g/mol. The van der Waals surface area contributed by atoms with E-state index in [1.807, 2.05) is 0 Å². The highest BCUT2D eigenvalue weighted by Crippen LogP contribution is 2.19. The third-order valence-electron chi connectivity index (χ3n) is 1.69. The van der Waals surface area contributed by atoms with Crippen molar-refractivity contribution in [1.82, 2.24) is 19.9 Å². The highest BCUT2D eigenvalue weighted by Gasteiger charge is 2.03. The van der Waals surface area contributed by atoms with Gasteiger partial charge in [-0.2, -0.15) is 0 Å². The Morgan fingerprint density at radius 3 is 2.31 bits per heavy atom. The first-order valence-electron chi connectivity index (χ1n) is 4.53. The number of nitrogen functional groups attached to an aromatic ring is 2. The fourth-order valence-corrected chi connectivity index (χ4v) is 1.81. The van der Waals surface area contributed by atoms with Crippen LogP contribution in [0.2, 0.25) is 0 Å². The predicted molar refractivity (Wildman–Crippen MR) is 62.4 cm³/mol. The molecular weight excluding hydrogens is 224 g/mol. The molecule has 0 atom stereocenters. The molecule has 0 saturated carbocycles. The summed E-state index contributed by atoms with van der Waals surface area (Å²) in [5, 5.41) is 0.532. The summed E-state index contributed by atoms with van der Waals surface area (Å²) in [5.41, 5.74) is 11.1. The van der Waals surface area contributed by atoms with Gasteiger partial charge in [-0.05, 0) is 6.07 Å². The Morgan fingerprint density at radius 1 is 1.06 bits per heavy atom. The molecule has 7 heteroatoms. The van der Waals surface area contributed by atoms with Crippen LogP contribution in [0.4, 0.5) is 11.6 Å². The van der Waals surface area contributed by atoms with Gasteiger partial charge in [0, 0.05) is 18.5 Å². The van der Waals surface area contributed by atoms with E-state index in [1.54, 1.807) is 18.5 Å². The first kappa shape index (κ1) is 10.6. The van der Waals surface area contributed by atoms with E-state index in [9.17, 15) is 0 Å². The Morgan fingerprint density at radius 2 is 1.69 bits per heavy atom. The minimum Gasteiger partial charge on any atom is -0.383 e. The van der Waals surface area contributed by atoms with Gasteiger partial charge in [0.15, 0.2) is 5.16 Å². The number of nitrogens with zero attached hydrogens (tertiary/aromatic N) is 4. The Balaban J connectivity index is 2.05. The quantitative estimate of drug-likeness (QED) is 0.595. The number of aromatic nitrogens is 4. The second kappa shape index (κ2) is 4.75. The molecular formula is C9H10N6S. The second-order valence-electron chi connectivity index (χ2n) is 2.95. The molecule has 0 fully saturated rings. The summed E-state index contributed by atoms with van der Waals surface area (Å²) < 4.78 is 0. The van der Waals surface area contributed by atoms with Gasteiger partial charge in [0.1, 0.15) is 17.5 Å². The molecule has 0 radical (unpaired) electrons. The number of nitrogens with two attached hydrogens (primary N) is 2. The van der Waals surface area contributed by atoms with Crippen LogP contribution in [0.25, 0.3) is 0 Å². The van der Waals surface area contributed by atoms with Crippen LogP contribution < -0.4 is 11.5 Å². The molecule has 0 aliphatic carbocycles. The van der Waals surface area contributed by atoms with Gasteiger partial charge < -0.3 is 11.5 Å². The van der Waals surface area contributed by atoms with Crippen molar-refractivity contribution < 1.29 is 0 Å². The van der Waals surface area contributed by atoms with E-state index in [0.717, 1.165) is 5.82 Å². The topological polar surface area (TPSA) is 104 Å². The highest BCUT2D eigenvalue weighted by molar-refractivity contribution is 7.98. The zero-order valence-corrected chi connectivity index (χ0v) is 9.18. The fraction of sp³-hybridized carbons (Fsp3) is 0.111. The maximum atomic E-state index is 5.55. The molecule has 2 heterocycles. The van der Waals surface area contributed by atoms with E-state index in [-0.39, 0.29) is 0 Å². The molecule has 0 aliphatic rings. The van der Waals surface area contributed by atoms with Crippen LogP contribution >= 0.6 is 11.8 Å². The van der Waals surface area contributed by atoms with E-state index < -0.39 is 0 Å². The van der Waals surface area contributed by atoms with Crippen molar-refractivity contribution in [3.8, 4) is 0 Å². The molecule has 2 aromatic heterocycles. The van der Waals surface area contributed by atoms with Gasteiger partial charge >= 0.3 is 0 Å². The van der Waals surface area contributed by atoms with Crippen LogP contribution in [-0.4, -0.2) is 19.9 Å². The van der Waals surface area contributed by atoms with Gasteiger partial charge in [-0.25, -0.2) is 19.9 Å². The molecule has 0 aromatic carbocycles. The molecule has 0 aliphatic heterocycles. The van der Waals surface area contributed by atoms with E-state index >= 15 is 0 Å². The molecule has 2 rings (SSSR count). The Bertz CT molecular complexity index is 454. The van der Waals surface area contributed by atoms with Gasteiger partial charge in [-0.3, -0.25) is 0 Å². The minimum atomic E-state index is 0.365. The van der Waals surface area contributed by atoms with Crippen LogP contribution in [0.3, 0.4) is 0 Å². The maximum absolute atomic E-state index is 5.55. The third kappa shape index (κ3) is 2.80. The van der Waals surface area contributed by atoms with Crippen LogP contribution in [-0.2, 0) is 5.75 Å². The van der Waals surface area contributed by atoms with E-state index in [1.165, 1.54) is 17.8 Å². The van der Waals surface area contributed by atoms with Crippen molar-refractivity contribution in [3.05, 3.63) is 30.4 Å². The number of thioether (sulfide) groups is 1. The molecule has 4 N–H and O–H groups in total. The summed E-state index contributed by atoms with van der Waals surface area (Å²) in [6.45, 7) is 0. The summed E-state index contributed by atoms with van der Waals surface area (Å²) in [4.78, 5) is 16.3. The van der Waals surface area contributed by atoms with E-state index in [4.69, 9.17) is 11.5 Å². The van der Waals surface area contributed by atoms with Gasteiger partial charge in [0.25, 0.3) is 0 Å². The van der Waals surface area contributed by atoms with Crippen LogP contribution in [0, 0.1) is 0 Å². The Hall–Kier alpha value is -1.89. The summed E-state index contributed by atoms with van der Waals surface area (Å²) in [5.74, 6) is 2.04. The Labute approximate surface area is 96.5 Å². The monoisotopic (exact) mass is 234 g/mol. The SMILES string of the molecule is Nc1cc(N)nc(SCc2ncccn2)n1. The lowest BCUT2D eigenvalue weighted by atomic mass is 10.5. The van der Waals surface area contributed by atoms with Crippen LogP contribution in [0.5, 0.6) is 0 Å². The summed E-state index contributed by atoms with van der Waals surface area (Å²) in [6.07, 6.45) is 3.38. The summed E-state index contributed by atoms with van der Waals surface area (Å²) in [6, 6.07) is 3.28. The molecule has 82 valence electrons. The van der Waals surface area contributed by atoms with Crippen LogP contribution in [0.1, 0.15) is 5.82 Å². The number of rotatable bonds is 3. The first-order valence-corrected chi connectivity index (χ1v) is 5.51. The van der Waals surface area contributed by atoms with Crippen molar-refractivity contribution in [2.75, 3.05) is 11.5 Å². The predicted octanol–water partition coefficient (Wildman–Crippen LogP) is 0.723. The third-order valence-corrected chi connectivity index (χ3v) is 2.54.